The number of halogens is 5. The Balaban J connectivity index is 2.82. The first-order chi connectivity index (χ1) is 8.77. The second-order valence-corrected chi connectivity index (χ2v) is 4.34. The van der Waals surface area contributed by atoms with E-state index in [-0.39, 0.29) is 16.1 Å². The molecule has 0 bridgehead atoms. The quantitative estimate of drug-likeness (QED) is 0.284. The number of oxime groups is 1. The molecule has 0 aliphatic heterocycles. The number of ether oxygens (including phenoxy) is 1. The second-order valence-electron chi connectivity index (χ2n) is 3.48. The summed E-state index contributed by atoms with van der Waals surface area (Å²) in [5.74, 6) is -4.48. The Morgan fingerprint density at radius 1 is 1.47 bits per heavy atom. The summed E-state index contributed by atoms with van der Waals surface area (Å²) in [5, 5.41) is 11.2. The molecule has 0 aliphatic rings. The number of hydrogen-bond acceptors (Lipinski definition) is 3. The Bertz CT molecular complexity index is 483. The van der Waals surface area contributed by atoms with Gasteiger partial charge in [-0.2, -0.15) is 8.78 Å². The highest BCUT2D eigenvalue weighted by atomic mass is 79.9. The summed E-state index contributed by atoms with van der Waals surface area (Å²) >= 11 is 3.00. The van der Waals surface area contributed by atoms with Crippen LogP contribution in [0.2, 0.25) is 0 Å². The summed E-state index contributed by atoms with van der Waals surface area (Å²) < 4.78 is 54.0. The number of nitrogens with two attached hydrogens (primary N) is 1. The van der Waals surface area contributed by atoms with E-state index in [1.54, 1.807) is 0 Å². The van der Waals surface area contributed by atoms with E-state index in [1.807, 2.05) is 0 Å². The summed E-state index contributed by atoms with van der Waals surface area (Å²) in [7, 11) is 0. The van der Waals surface area contributed by atoms with Gasteiger partial charge in [0.1, 0.15) is 5.75 Å². The summed E-state index contributed by atoms with van der Waals surface area (Å²) in [4.78, 5) is 0. The van der Waals surface area contributed by atoms with Gasteiger partial charge in [0.05, 0.1) is 4.47 Å². The van der Waals surface area contributed by atoms with Crippen molar-refractivity contribution in [1.82, 2.24) is 0 Å². The van der Waals surface area contributed by atoms with E-state index in [0.29, 0.717) is 5.56 Å². The number of amidine groups is 1. The molecule has 0 heterocycles. The maximum absolute atomic E-state index is 12.7. The minimum Gasteiger partial charge on any atom is -0.486 e. The van der Waals surface area contributed by atoms with Crippen LogP contribution in [-0.4, -0.2) is 30.0 Å². The fourth-order valence-corrected chi connectivity index (χ4v) is 1.57. The summed E-state index contributed by atoms with van der Waals surface area (Å²) in [6.07, 6.45) is -3.80. The smallest absolute Gasteiger partial charge is 0.340 e. The third kappa shape index (κ3) is 3.98. The van der Waals surface area contributed by atoms with Crippen LogP contribution in [0.5, 0.6) is 5.75 Å². The molecule has 0 unspecified atom stereocenters. The molecule has 0 atom stereocenters. The molecule has 0 fully saturated rings. The third-order valence-corrected chi connectivity index (χ3v) is 2.69. The SMILES string of the molecule is N/C(=N/O)c1ccc(OCC(F)(F)C(F)F)c(Br)c1. The van der Waals surface area contributed by atoms with Gasteiger partial charge >= 0.3 is 12.3 Å². The zero-order chi connectivity index (χ0) is 14.6. The first kappa shape index (κ1) is 15.5. The van der Waals surface area contributed by atoms with Crippen molar-refractivity contribution in [3.8, 4) is 5.75 Å². The summed E-state index contributed by atoms with van der Waals surface area (Å²) in [6.45, 7) is -1.45. The molecule has 9 heteroatoms. The standard InChI is InChI=1S/C10H9BrF4N2O2/c11-6-3-5(8(16)17-18)1-2-7(6)19-4-10(14,15)9(12)13/h1-3,9,18H,4H2,(H2,16,17). The van der Waals surface area contributed by atoms with Gasteiger partial charge in [-0.3, -0.25) is 0 Å². The highest BCUT2D eigenvalue weighted by molar-refractivity contribution is 9.10. The van der Waals surface area contributed by atoms with E-state index in [4.69, 9.17) is 10.9 Å². The average molecular weight is 345 g/mol. The van der Waals surface area contributed by atoms with Crippen molar-refractivity contribution in [3.63, 3.8) is 0 Å². The Hall–Kier alpha value is -1.51. The van der Waals surface area contributed by atoms with Gasteiger partial charge in [-0.05, 0) is 34.1 Å². The molecule has 0 saturated heterocycles. The normalized spacial score (nSPS) is 12.8. The number of nitrogens with zero attached hydrogens (tertiary/aromatic N) is 1. The molecule has 1 aromatic carbocycles. The van der Waals surface area contributed by atoms with Crippen LogP contribution in [0.3, 0.4) is 0 Å². The van der Waals surface area contributed by atoms with E-state index in [1.165, 1.54) is 18.2 Å². The molecule has 1 aromatic rings. The van der Waals surface area contributed by atoms with E-state index in [0.717, 1.165) is 0 Å². The lowest BCUT2D eigenvalue weighted by atomic mass is 10.2. The number of benzene rings is 1. The molecular formula is C10H9BrF4N2O2. The topological polar surface area (TPSA) is 67.8 Å². The van der Waals surface area contributed by atoms with Gasteiger partial charge in [0.25, 0.3) is 0 Å². The zero-order valence-electron chi connectivity index (χ0n) is 9.29. The summed E-state index contributed by atoms with van der Waals surface area (Å²) in [6, 6.07) is 3.90. The molecule has 3 N–H and O–H groups in total. The molecule has 19 heavy (non-hydrogen) atoms. The van der Waals surface area contributed by atoms with Crippen molar-refractivity contribution in [2.75, 3.05) is 6.61 Å². The fraction of sp³-hybridized carbons (Fsp3) is 0.300. The molecule has 106 valence electrons. The van der Waals surface area contributed by atoms with Crippen LogP contribution in [0.4, 0.5) is 17.6 Å². The molecule has 0 spiro atoms. The van der Waals surface area contributed by atoms with Gasteiger partial charge in [0.2, 0.25) is 0 Å². The van der Waals surface area contributed by atoms with Crippen LogP contribution in [0.25, 0.3) is 0 Å². The molecule has 0 aromatic heterocycles. The van der Waals surface area contributed by atoms with E-state index in [9.17, 15) is 17.6 Å². The second kappa shape index (κ2) is 6.09. The van der Waals surface area contributed by atoms with Gasteiger partial charge in [0.15, 0.2) is 12.4 Å². The Kier molecular flexibility index (Phi) is 4.98. The van der Waals surface area contributed by atoms with Crippen molar-refractivity contribution < 1.29 is 27.5 Å². The maximum atomic E-state index is 12.7. The van der Waals surface area contributed by atoms with Gasteiger partial charge < -0.3 is 15.7 Å². The monoisotopic (exact) mass is 344 g/mol. The number of alkyl halides is 4. The van der Waals surface area contributed by atoms with E-state index < -0.39 is 19.0 Å². The fourth-order valence-electron chi connectivity index (χ4n) is 1.07. The van der Waals surface area contributed by atoms with Crippen molar-refractivity contribution >= 4 is 21.8 Å². The van der Waals surface area contributed by atoms with Crippen molar-refractivity contribution in [1.29, 1.82) is 0 Å². The lowest BCUT2D eigenvalue weighted by Crippen LogP contribution is -2.33. The number of rotatable bonds is 5. The molecular weight excluding hydrogens is 336 g/mol. The lowest BCUT2D eigenvalue weighted by Gasteiger charge is -2.16. The highest BCUT2D eigenvalue weighted by Crippen LogP contribution is 2.29. The molecule has 0 amide bonds. The Morgan fingerprint density at radius 3 is 2.58 bits per heavy atom. The molecule has 1 rings (SSSR count). The maximum Gasteiger partial charge on any atom is 0.340 e. The van der Waals surface area contributed by atoms with Crippen LogP contribution in [0.1, 0.15) is 5.56 Å². The predicted octanol–water partition coefficient (Wildman–Crippen LogP) is 2.82. The molecule has 0 aliphatic carbocycles. The molecule has 4 nitrogen and oxygen atoms in total. The van der Waals surface area contributed by atoms with Crippen LogP contribution in [0.15, 0.2) is 27.8 Å². The van der Waals surface area contributed by atoms with Crippen molar-refractivity contribution in [2.24, 2.45) is 10.9 Å². The first-order valence-corrected chi connectivity index (χ1v) is 5.63. The predicted molar refractivity (Wildman–Crippen MR) is 63.1 cm³/mol. The Labute approximate surface area is 114 Å². The minimum atomic E-state index is -4.23. The largest absolute Gasteiger partial charge is 0.486 e. The summed E-state index contributed by atoms with van der Waals surface area (Å²) in [5.41, 5.74) is 5.62. The van der Waals surface area contributed by atoms with E-state index >= 15 is 0 Å². The van der Waals surface area contributed by atoms with Crippen LogP contribution in [0, 0.1) is 0 Å². The third-order valence-electron chi connectivity index (χ3n) is 2.07. The Morgan fingerprint density at radius 2 is 2.11 bits per heavy atom. The van der Waals surface area contributed by atoms with Crippen molar-refractivity contribution in [2.45, 2.75) is 12.3 Å². The van der Waals surface area contributed by atoms with Gasteiger partial charge in [-0.1, -0.05) is 5.16 Å². The number of hydrogen-bond donors (Lipinski definition) is 2. The lowest BCUT2D eigenvalue weighted by molar-refractivity contribution is -0.148. The van der Waals surface area contributed by atoms with E-state index in [2.05, 4.69) is 25.8 Å². The minimum absolute atomic E-state index is 0.0604. The average Bonchev–Trinajstić information content (AvgIpc) is 2.36. The van der Waals surface area contributed by atoms with Crippen LogP contribution in [-0.2, 0) is 0 Å². The van der Waals surface area contributed by atoms with Crippen LogP contribution >= 0.6 is 15.9 Å². The molecule has 0 saturated carbocycles. The first-order valence-electron chi connectivity index (χ1n) is 4.84. The van der Waals surface area contributed by atoms with Crippen LogP contribution < -0.4 is 10.5 Å². The zero-order valence-corrected chi connectivity index (χ0v) is 10.9. The molecule has 0 radical (unpaired) electrons. The van der Waals surface area contributed by atoms with Gasteiger partial charge in [-0.15, -0.1) is 0 Å². The van der Waals surface area contributed by atoms with Gasteiger partial charge in [0, 0.05) is 5.56 Å². The van der Waals surface area contributed by atoms with Crippen molar-refractivity contribution in [3.05, 3.63) is 28.2 Å². The highest BCUT2D eigenvalue weighted by Gasteiger charge is 2.41. The van der Waals surface area contributed by atoms with Gasteiger partial charge in [-0.25, -0.2) is 8.78 Å².